The van der Waals surface area contributed by atoms with E-state index >= 15 is 0 Å². The van der Waals surface area contributed by atoms with Gasteiger partial charge in [0.25, 0.3) is 0 Å². The Kier molecular flexibility index (Phi) is 7.87. The van der Waals surface area contributed by atoms with Gasteiger partial charge in [-0.2, -0.15) is 4.98 Å². The summed E-state index contributed by atoms with van der Waals surface area (Å²) in [4.78, 5) is 20.6. The number of ether oxygens (including phenoxy) is 3. The predicted molar refractivity (Wildman–Crippen MR) is 109 cm³/mol. The monoisotopic (exact) mass is 427 g/mol. The molecule has 0 saturated heterocycles. The first-order chi connectivity index (χ1) is 13.1. The molecule has 2 rings (SSSR count). The molecule has 2 aromatic rings. The summed E-state index contributed by atoms with van der Waals surface area (Å²) >= 11 is 1.41. The third kappa shape index (κ3) is 7.08. The van der Waals surface area contributed by atoms with Crippen LogP contribution in [-0.2, 0) is 32.0 Å². The number of thiazole rings is 1. The number of rotatable bonds is 11. The number of nitrogens with zero attached hydrogens (tertiary/aromatic N) is 3. The molecule has 0 amide bonds. The number of carbonyl (C=O) groups excluding carboxylic acids is 1. The summed E-state index contributed by atoms with van der Waals surface area (Å²) in [6.07, 6.45) is 0.294. The molecule has 0 radical (unpaired) electrons. The average Bonchev–Trinajstić information content (AvgIpc) is 3.25. The van der Waals surface area contributed by atoms with E-state index in [9.17, 15) is 4.79 Å². The maximum absolute atomic E-state index is 11.8. The van der Waals surface area contributed by atoms with Gasteiger partial charge in [0.2, 0.25) is 11.7 Å². The highest BCUT2D eigenvalue weighted by molar-refractivity contribution is 7.13. The molecular formula is C18H29N3O5SSi. The lowest BCUT2D eigenvalue weighted by Crippen LogP contribution is -2.28. The summed E-state index contributed by atoms with van der Waals surface area (Å²) in [5.41, 5.74) is 0.0469. The van der Waals surface area contributed by atoms with E-state index in [1.165, 1.54) is 18.4 Å². The Hall–Kier alpha value is -1.62. The zero-order valence-electron chi connectivity index (χ0n) is 17.4. The third-order valence-corrected chi connectivity index (χ3v) is 6.55. The van der Waals surface area contributed by atoms with Gasteiger partial charge in [-0.25, -0.2) is 4.98 Å². The Balaban J connectivity index is 1.82. The van der Waals surface area contributed by atoms with Crippen LogP contribution in [0.4, 0.5) is 0 Å². The van der Waals surface area contributed by atoms with Gasteiger partial charge in [0, 0.05) is 26.5 Å². The molecule has 0 aliphatic carbocycles. The maximum atomic E-state index is 11.8. The van der Waals surface area contributed by atoms with E-state index in [-0.39, 0.29) is 12.8 Å². The van der Waals surface area contributed by atoms with Crippen LogP contribution >= 0.6 is 11.3 Å². The van der Waals surface area contributed by atoms with E-state index < -0.39 is 13.5 Å². The molecule has 0 bridgehead atoms. The highest BCUT2D eigenvalue weighted by Crippen LogP contribution is 2.26. The van der Waals surface area contributed by atoms with Crippen LogP contribution in [0.15, 0.2) is 9.90 Å². The molecule has 8 nitrogen and oxygen atoms in total. The van der Waals surface area contributed by atoms with Crippen molar-refractivity contribution < 1.29 is 23.5 Å². The zero-order valence-corrected chi connectivity index (χ0v) is 19.2. The van der Waals surface area contributed by atoms with Crippen molar-refractivity contribution in [1.29, 1.82) is 0 Å². The molecule has 2 aromatic heterocycles. The molecule has 0 N–H and O–H groups in total. The summed E-state index contributed by atoms with van der Waals surface area (Å²) in [5.74, 6) is 0.445. The second-order valence-electron chi connectivity index (χ2n) is 8.39. The number of methoxy groups -OCH3 is 1. The van der Waals surface area contributed by atoms with Crippen molar-refractivity contribution in [3.05, 3.63) is 17.0 Å². The Bertz CT molecular complexity index is 769. The van der Waals surface area contributed by atoms with Gasteiger partial charge in [0.1, 0.15) is 6.79 Å². The van der Waals surface area contributed by atoms with E-state index in [2.05, 4.69) is 34.8 Å². The van der Waals surface area contributed by atoms with Crippen LogP contribution in [0, 0.1) is 5.41 Å². The number of hydrogen-bond donors (Lipinski definition) is 0. The van der Waals surface area contributed by atoms with E-state index in [1.807, 2.05) is 5.38 Å². The van der Waals surface area contributed by atoms with Crippen molar-refractivity contribution in [2.45, 2.75) is 52.6 Å². The van der Waals surface area contributed by atoms with Crippen molar-refractivity contribution in [2.75, 3.05) is 20.5 Å². The number of esters is 1. The quantitative estimate of drug-likeness (QED) is 0.231. The molecule has 2 heterocycles. The molecule has 0 atom stereocenters. The van der Waals surface area contributed by atoms with Crippen LogP contribution in [-0.4, -0.2) is 49.7 Å². The van der Waals surface area contributed by atoms with Crippen molar-refractivity contribution in [3.63, 3.8) is 0 Å². The van der Waals surface area contributed by atoms with Gasteiger partial charge in [-0.3, -0.25) is 4.79 Å². The molecule has 10 heteroatoms. The second-order valence-corrected chi connectivity index (χ2v) is 14.9. The number of carbonyl (C=O) groups is 1. The van der Waals surface area contributed by atoms with Gasteiger partial charge in [-0.1, -0.05) is 24.8 Å². The second kappa shape index (κ2) is 9.73. The minimum absolute atomic E-state index is 0.256. The lowest BCUT2D eigenvalue weighted by atomic mass is 9.89. The van der Waals surface area contributed by atoms with Crippen LogP contribution in [0.3, 0.4) is 0 Å². The van der Waals surface area contributed by atoms with E-state index in [0.29, 0.717) is 29.8 Å². The zero-order chi connectivity index (χ0) is 20.8. The lowest BCUT2D eigenvalue weighted by molar-refractivity contribution is -0.150. The largest absolute Gasteiger partial charge is 0.469 e. The van der Waals surface area contributed by atoms with Crippen molar-refractivity contribution in [3.8, 4) is 10.8 Å². The molecular weight excluding hydrogens is 398 g/mol. The molecule has 0 aliphatic rings. The summed E-state index contributed by atoms with van der Waals surface area (Å²) in [6, 6.07) is 1.12. The Morgan fingerprint density at radius 2 is 2.00 bits per heavy atom. The van der Waals surface area contributed by atoms with Crippen molar-refractivity contribution >= 4 is 25.4 Å². The van der Waals surface area contributed by atoms with Crippen molar-refractivity contribution in [2.24, 2.45) is 5.41 Å². The summed E-state index contributed by atoms with van der Waals surface area (Å²) in [5, 5.41) is 6.50. The van der Waals surface area contributed by atoms with Gasteiger partial charge in [0.15, 0.2) is 5.01 Å². The normalized spacial score (nSPS) is 12.4. The molecule has 0 aromatic carbocycles. The van der Waals surface area contributed by atoms with Gasteiger partial charge in [-0.05, 0) is 19.9 Å². The summed E-state index contributed by atoms with van der Waals surface area (Å²) in [7, 11) is 0.284. The molecule has 156 valence electrons. The summed E-state index contributed by atoms with van der Waals surface area (Å²) in [6.45, 7) is 11.8. The van der Waals surface area contributed by atoms with Crippen LogP contribution in [0.25, 0.3) is 10.8 Å². The minimum Gasteiger partial charge on any atom is -0.469 e. The van der Waals surface area contributed by atoms with Crippen LogP contribution in [0.1, 0.15) is 25.4 Å². The average molecular weight is 428 g/mol. The SMILES string of the molecule is COC(=O)C(C)(C)Cc1nc(-c2nc(COCOCC[Si](C)(C)C)cs2)no1. The van der Waals surface area contributed by atoms with Gasteiger partial charge >= 0.3 is 5.97 Å². The fraction of sp³-hybridized carbons (Fsp3) is 0.667. The minimum atomic E-state index is -1.08. The number of aromatic nitrogens is 3. The van der Waals surface area contributed by atoms with E-state index in [4.69, 9.17) is 18.7 Å². The van der Waals surface area contributed by atoms with Crippen LogP contribution in [0.5, 0.6) is 0 Å². The Morgan fingerprint density at radius 3 is 2.68 bits per heavy atom. The fourth-order valence-electron chi connectivity index (χ4n) is 2.26. The fourth-order valence-corrected chi connectivity index (χ4v) is 3.74. The van der Waals surface area contributed by atoms with Crippen LogP contribution in [0.2, 0.25) is 25.7 Å². The first-order valence-electron chi connectivity index (χ1n) is 9.12. The summed E-state index contributed by atoms with van der Waals surface area (Å²) < 4.78 is 21.1. The highest BCUT2D eigenvalue weighted by atomic mass is 32.1. The Morgan fingerprint density at radius 1 is 1.25 bits per heavy atom. The van der Waals surface area contributed by atoms with E-state index in [0.717, 1.165) is 18.3 Å². The molecule has 28 heavy (non-hydrogen) atoms. The molecule has 0 saturated carbocycles. The molecule has 0 aliphatic heterocycles. The van der Waals surface area contributed by atoms with Crippen LogP contribution < -0.4 is 0 Å². The van der Waals surface area contributed by atoms with E-state index in [1.54, 1.807) is 13.8 Å². The van der Waals surface area contributed by atoms with Gasteiger partial charge < -0.3 is 18.7 Å². The molecule has 0 spiro atoms. The lowest BCUT2D eigenvalue weighted by Gasteiger charge is -2.18. The Labute approximate surface area is 170 Å². The standard InChI is InChI=1S/C18H29N3O5SSi/c1-18(2,17(22)23-3)9-14-20-15(21-26-14)16-19-13(11-27-16)10-25-12-24-7-8-28(4,5)6/h11H,7-10,12H2,1-6H3. The third-order valence-electron chi connectivity index (χ3n) is 3.96. The topological polar surface area (TPSA) is 96.6 Å². The first-order valence-corrected chi connectivity index (χ1v) is 13.7. The van der Waals surface area contributed by atoms with Crippen molar-refractivity contribution in [1.82, 2.24) is 15.1 Å². The van der Waals surface area contributed by atoms with Gasteiger partial charge in [-0.15, -0.1) is 11.3 Å². The molecule has 0 fully saturated rings. The maximum Gasteiger partial charge on any atom is 0.311 e. The van der Waals surface area contributed by atoms with Gasteiger partial charge in [0.05, 0.1) is 24.8 Å². The first kappa shape index (κ1) is 22.7. The smallest absolute Gasteiger partial charge is 0.311 e. The number of hydrogen-bond acceptors (Lipinski definition) is 9. The molecule has 0 unspecified atom stereocenters. The predicted octanol–water partition coefficient (Wildman–Crippen LogP) is 3.76. The highest BCUT2D eigenvalue weighted by Gasteiger charge is 2.31.